The summed E-state index contributed by atoms with van der Waals surface area (Å²) in [5.41, 5.74) is 0. The summed E-state index contributed by atoms with van der Waals surface area (Å²) in [4.78, 5) is 12.6. The maximum Gasteiger partial charge on any atom is 0.146 e. The van der Waals surface area contributed by atoms with Gasteiger partial charge in [0.1, 0.15) is 12.0 Å². The quantitative estimate of drug-likeness (QED) is 0.539. The van der Waals surface area contributed by atoms with E-state index in [1.54, 1.807) is 11.9 Å². The van der Waals surface area contributed by atoms with Gasteiger partial charge in [-0.1, -0.05) is 0 Å². The van der Waals surface area contributed by atoms with E-state index in [1.807, 2.05) is 0 Å². The molecule has 0 N–H and O–H groups in total. The number of hydrogen-bond donors (Lipinski definition) is 0. The minimum Gasteiger partial charge on any atom is -0.298 e. The van der Waals surface area contributed by atoms with E-state index in [-0.39, 0.29) is 11.8 Å². The smallest absolute Gasteiger partial charge is 0.146 e. The Balaban J connectivity index is 2.54. The van der Waals surface area contributed by atoms with Gasteiger partial charge in [0, 0.05) is 13.0 Å². The van der Waals surface area contributed by atoms with E-state index in [9.17, 15) is 9.18 Å². The summed E-state index contributed by atoms with van der Waals surface area (Å²) in [5, 5.41) is 0. The van der Waals surface area contributed by atoms with Gasteiger partial charge >= 0.3 is 0 Å². The number of carbonyl (C=O) groups excluding carboxylic acids is 1. The molecule has 58 valence electrons. The molecule has 0 bridgehead atoms. The Bertz CT molecular complexity index is 149. The number of carbonyl (C=O) groups is 1. The zero-order valence-corrected chi connectivity index (χ0v) is 6.30. The third kappa shape index (κ3) is 1.34. The summed E-state index contributed by atoms with van der Waals surface area (Å²) < 4.78 is 12.6. The van der Waals surface area contributed by atoms with E-state index in [0.717, 1.165) is 0 Å². The first-order valence-electron chi connectivity index (χ1n) is 3.46. The highest BCUT2D eigenvalue weighted by atomic mass is 19.1. The molecule has 0 aromatic heterocycles. The van der Waals surface area contributed by atoms with Gasteiger partial charge < -0.3 is 0 Å². The molecule has 1 heterocycles. The Hall–Kier alpha value is -0.440. The summed E-state index contributed by atoms with van der Waals surface area (Å²) in [6.45, 7) is 1.92. The van der Waals surface area contributed by atoms with Crippen molar-refractivity contribution in [2.45, 2.75) is 25.6 Å². The molecular formula is C7H12FNO. The van der Waals surface area contributed by atoms with Gasteiger partial charge in [-0.3, -0.25) is 9.69 Å². The zero-order chi connectivity index (χ0) is 7.72. The minimum absolute atomic E-state index is 0.0719. The van der Waals surface area contributed by atoms with Crippen LogP contribution in [0.2, 0.25) is 0 Å². The number of likely N-dealkylation sites (N-methyl/N-ethyl adjacent to an activating group) is 1. The van der Waals surface area contributed by atoms with Crippen LogP contribution >= 0.6 is 0 Å². The maximum absolute atomic E-state index is 12.6. The van der Waals surface area contributed by atoms with Crippen molar-refractivity contribution in [2.24, 2.45) is 0 Å². The molecule has 1 aliphatic heterocycles. The summed E-state index contributed by atoms with van der Waals surface area (Å²) >= 11 is 0. The normalized spacial score (nSPS) is 34.7. The first-order chi connectivity index (χ1) is 4.61. The van der Waals surface area contributed by atoms with Crippen molar-refractivity contribution in [3.05, 3.63) is 0 Å². The topological polar surface area (TPSA) is 20.3 Å². The first kappa shape index (κ1) is 7.66. The van der Waals surface area contributed by atoms with Crippen LogP contribution in [0.1, 0.15) is 13.3 Å². The molecule has 0 aliphatic carbocycles. The molecule has 2 atom stereocenters. The second kappa shape index (κ2) is 2.66. The Morgan fingerprint density at radius 2 is 2.30 bits per heavy atom. The van der Waals surface area contributed by atoms with E-state index in [4.69, 9.17) is 0 Å². The largest absolute Gasteiger partial charge is 0.298 e. The number of alkyl halides is 1. The van der Waals surface area contributed by atoms with Crippen molar-refractivity contribution < 1.29 is 9.18 Å². The van der Waals surface area contributed by atoms with Gasteiger partial charge in [0.2, 0.25) is 0 Å². The molecular weight excluding hydrogens is 133 g/mol. The Morgan fingerprint density at radius 1 is 1.70 bits per heavy atom. The molecule has 0 radical (unpaired) electrons. The highest BCUT2D eigenvalue weighted by molar-refractivity contribution is 5.81. The number of nitrogens with zero attached hydrogens (tertiary/aromatic N) is 1. The predicted octanol–water partition coefficient (Wildman–Crippen LogP) is 0.618. The molecule has 2 nitrogen and oxygen atoms in total. The number of halogens is 1. The van der Waals surface area contributed by atoms with Crippen molar-refractivity contribution in [3.8, 4) is 0 Å². The van der Waals surface area contributed by atoms with E-state index in [2.05, 4.69) is 0 Å². The van der Waals surface area contributed by atoms with Gasteiger partial charge in [0.25, 0.3) is 0 Å². The molecule has 0 amide bonds. The van der Waals surface area contributed by atoms with Gasteiger partial charge in [-0.15, -0.1) is 0 Å². The molecule has 0 aromatic carbocycles. The third-order valence-corrected chi connectivity index (χ3v) is 1.97. The molecule has 3 heteroatoms. The van der Waals surface area contributed by atoms with Crippen LogP contribution in [-0.2, 0) is 4.79 Å². The molecule has 1 saturated heterocycles. The summed E-state index contributed by atoms with van der Waals surface area (Å²) in [6, 6.07) is -0.171. The molecule has 1 fully saturated rings. The second-order valence-electron chi connectivity index (χ2n) is 2.90. The zero-order valence-electron chi connectivity index (χ0n) is 6.30. The van der Waals surface area contributed by atoms with Crippen LogP contribution < -0.4 is 0 Å². The highest BCUT2D eigenvalue weighted by Gasteiger charge is 2.31. The van der Waals surface area contributed by atoms with Crippen LogP contribution in [-0.4, -0.2) is 36.5 Å². The van der Waals surface area contributed by atoms with Gasteiger partial charge in [-0.2, -0.15) is 0 Å². The van der Waals surface area contributed by atoms with Gasteiger partial charge in [-0.05, 0) is 14.0 Å². The Kier molecular flexibility index (Phi) is 2.04. The number of rotatable bonds is 1. The van der Waals surface area contributed by atoms with E-state index >= 15 is 0 Å². The van der Waals surface area contributed by atoms with Crippen molar-refractivity contribution in [2.75, 3.05) is 13.6 Å². The first-order valence-corrected chi connectivity index (χ1v) is 3.46. The van der Waals surface area contributed by atoms with Gasteiger partial charge in [0.05, 0.1) is 6.04 Å². The molecule has 10 heavy (non-hydrogen) atoms. The monoisotopic (exact) mass is 145 g/mol. The van der Waals surface area contributed by atoms with Gasteiger partial charge in [-0.25, -0.2) is 4.39 Å². The molecule has 0 saturated carbocycles. The van der Waals surface area contributed by atoms with Gasteiger partial charge in [0.15, 0.2) is 0 Å². The number of ketones is 1. The van der Waals surface area contributed by atoms with Crippen molar-refractivity contribution >= 4 is 5.78 Å². The number of hydrogen-bond acceptors (Lipinski definition) is 2. The molecule has 1 aliphatic rings. The molecule has 0 unspecified atom stereocenters. The van der Waals surface area contributed by atoms with Crippen LogP contribution in [0, 0.1) is 0 Å². The minimum atomic E-state index is -0.807. The van der Waals surface area contributed by atoms with Crippen LogP contribution in [0.4, 0.5) is 4.39 Å². The standard InChI is InChI=1S/C7H12FNO/c1-5(10)7-3-6(8)4-9(7)2/h6-7H,3-4H2,1-2H3/t6-,7+/m0/s1. The summed E-state index contributed by atoms with van der Waals surface area (Å²) in [6.07, 6.45) is -0.426. The second-order valence-corrected chi connectivity index (χ2v) is 2.90. The Labute approximate surface area is 60.0 Å². The fourth-order valence-corrected chi connectivity index (χ4v) is 1.41. The molecule has 1 rings (SSSR count). The van der Waals surface area contributed by atoms with E-state index in [0.29, 0.717) is 13.0 Å². The SMILES string of the molecule is CC(=O)[C@H]1C[C@H](F)CN1C. The molecule has 0 spiro atoms. The fraction of sp³-hybridized carbons (Fsp3) is 0.857. The summed E-state index contributed by atoms with van der Waals surface area (Å²) in [7, 11) is 1.78. The third-order valence-electron chi connectivity index (χ3n) is 1.97. The molecule has 0 aromatic rings. The van der Waals surface area contributed by atoms with Crippen LogP contribution in [0.5, 0.6) is 0 Å². The maximum atomic E-state index is 12.6. The fourth-order valence-electron chi connectivity index (χ4n) is 1.41. The van der Waals surface area contributed by atoms with Crippen molar-refractivity contribution in [1.82, 2.24) is 4.90 Å². The van der Waals surface area contributed by atoms with Crippen LogP contribution in [0.3, 0.4) is 0 Å². The average molecular weight is 145 g/mol. The lowest BCUT2D eigenvalue weighted by Crippen LogP contribution is -2.30. The van der Waals surface area contributed by atoms with E-state index < -0.39 is 6.17 Å². The number of Topliss-reactive ketones (excluding diaryl/α,β-unsaturated/α-hetero) is 1. The lowest BCUT2D eigenvalue weighted by Gasteiger charge is -2.14. The number of likely N-dealkylation sites (tertiary alicyclic amines) is 1. The van der Waals surface area contributed by atoms with Crippen molar-refractivity contribution in [1.29, 1.82) is 0 Å². The average Bonchev–Trinajstić information content (AvgIpc) is 2.10. The lowest BCUT2D eigenvalue weighted by atomic mass is 10.1. The van der Waals surface area contributed by atoms with Crippen LogP contribution in [0.25, 0.3) is 0 Å². The lowest BCUT2D eigenvalue weighted by molar-refractivity contribution is -0.120. The highest BCUT2D eigenvalue weighted by Crippen LogP contribution is 2.18. The van der Waals surface area contributed by atoms with Crippen LogP contribution in [0.15, 0.2) is 0 Å². The predicted molar refractivity (Wildman–Crippen MR) is 36.6 cm³/mol. The Morgan fingerprint density at radius 3 is 2.50 bits per heavy atom. The summed E-state index contributed by atoms with van der Waals surface area (Å²) in [5.74, 6) is 0.0719. The van der Waals surface area contributed by atoms with E-state index in [1.165, 1.54) is 6.92 Å². The van der Waals surface area contributed by atoms with Crippen molar-refractivity contribution in [3.63, 3.8) is 0 Å².